The van der Waals surface area contributed by atoms with Gasteiger partial charge in [-0.1, -0.05) is 0 Å². The Labute approximate surface area is 77.0 Å². The number of hydrogen-bond donors (Lipinski definition) is 0. The molecule has 0 aromatic heterocycles. The molecule has 0 aromatic carbocycles. The van der Waals surface area contributed by atoms with Crippen LogP contribution < -0.4 is 0 Å². The first-order chi connectivity index (χ1) is 6.02. The van der Waals surface area contributed by atoms with Gasteiger partial charge in [0.1, 0.15) is 0 Å². The molecular weight excluding hydrogens is 176 g/mol. The second kappa shape index (κ2) is 5.66. The standard InChI is InChI=1S/C8H14O5/c1-5(9)7(13-6(2)10)8(11-3)12-4/h7-8H,1-4H3/t7-/m1/s1. The highest BCUT2D eigenvalue weighted by atomic mass is 16.7. The zero-order valence-corrected chi connectivity index (χ0v) is 8.20. The van der Waals surface area contributed by atoms with Gasteiger partial charge in [0, 0.05) is 21.1 Å². The molecule has 1 atom stereocenters. The fraction of sp³-hybridized carbons (Fsp3) is 0.750. The number of ether oxygens (including phenoxy) is 3. The molecule has 0 spiro atoms. The van der Waals surface area contributed by atoms with E-state index in [4.69, 9.17) is 14.2 Å². The van der Waals surface area contributed by atoms with Crippen molar-refractivity contribution in [3.05, 3.63) is 0 Å². The highest BCUT2D eigenvalue weighted by Crippen LogP contribution is 2.06. The highest BCUT2D eigenvalue weighted by Gasteiger charge is 2.28. The number of Topliss-reactive ketones (excluding diaryl/α,β-unsaturated/α-hetero) is 1. The summed E-state index contributed by atoms with van der Waals surface area (Å²) in [6.07, 6.45) is -1.84. The molecule has 0 rings (SSSR count). The Morgan fingerprint density at radius 1 is 1.08 bits per heavy atom. The van der Waals surface area contributed by atoms with Crippen molar-refractivity contribution in [1.29, 1.82) is 0 Å². The van der Waals surface area contributed by atoms with Crippen LogP contribution in [0, 0.1) is 0 Å². The minimum atomic E-state index is -0.993. The van der Waals surface area contributed by atoms with Crippen LogP contribution in [0.4, 0.5) is 0 Å². The molecule has 0 bridgehead atoms. The van der Waals surface area contributed by atoms with E-state index < -0.39 is 18.4 Å². The van der Waals surface area contributed by atoms with Crippen molar-refractivity contribution < 1.29 is 23.8 Å². The van der Waals surface area contributed by atoms with Gasteiger partial charge in [0.2, 0.25) is 12.4 Å². The van der Waals surface area contributed by atoms with Gasteiger partial charge in [-0.3, -0.25) is 9.59 Å². The molecule has 0 heterocycles. The predicted molar refractivity (Wildman–Crippen MR) is 44.0 cm³/mol. The van der Waals surface area contributed by atoms with Gasteiger partial charge in [0.15, 0.2) is 5.78 Å². The topological polar surface area (TPSA) is 61.8 Å². The quantitative estimate of drug-likeness (QED) is 0.455. The lowest BCUT2D eigenvalue weighted by atomic mass is 10.2. The Morgan fingerprint density at radius 2 is 1.54 bits per heavy atom. The van der Waals surface area contributed by atoms with Crippen LogP contribution in [0.25, 0.3) is 0 Å². The number of rotatable bonds is 5. The van der Waals surface area contributed by atoms with Crippen LogP contribution in [0.15, 0.2) is 0 Å². The molecule has 0 saturated heterocycles. The Kier molecular flexibility index (Phi) is 5.25. The van der Waals surface area contributed by atoms with E-state index in [2.05, 4.69) is 0 Å². The van der Waals surface area contributed by atoms with Crippen LogP contribution in [-0.2, 0) is 23.8 Å². The zero-order chi connectivity index (χ0) is 10.4. The van der Waals surface area contributed by atoms with Crippen LogP contribution in [0.5, 0.6) is 0 Å². The predicted octanol–water partition coefficient (Wildman–Crippen LogP) is 0.126. The normalized spacial score (nSPS) is 12.7. The first kappa shape index (κ1) is 12.1. The van der Waals surface area contributed by atoms with E-state index in [1.807, 2.05) is 0 Å². The maximum absolute atomic E-state index is 11.0. The van der Waals surface area contributed by atoms with Gasteiger partial charge in [-0.2, -0.15) is 0 Å². The second-order valence-electron chi connectivity index (χ2n) is 2.48. The average molecular weight is 190 g/mol. The number of hydrogen-bond acceptors (Lipinski definition) is 5. The molecule has 0 unspecified atom stereocenters. The van der Waals surface area contributed by atoms with Crippen molar-refractivity contribution in [2.45, 2.75) is 26.2 Å². The van der Waals surface area contributed by atoms with Gasteiger partial charge >= 0.3 is 5.97 Å². The van der Waals surface area contributed by atoms with Gasteiger partial charge in [0.25, 0.3) is 0 Å². The van der Waals surface area contributed by atoms with Gasteiger partial charge < -0.3 is 14.2 Å². The number of ketones is 1. The second-order valence-corrected chi connectivity index (χ2v) is 2.48. The molecule has 0 aliphatic rings. The summed E-state index contributed by atoms with van der Waals surface area (Å²) in [4.78, 5) is 21.6. The summed E-state index contributed by atoms with van der Waals surface area (Å²) in [6.45, 7) is 2.52. The van der Waals surface area contributed by atoms with Crippen LogP contribution in [-0.4, -0.2) is 38.4 Å². The van der Waals surface area contributed by atoms with E-state index in [1.54, 1.807) is 0 Å². The lowest BCUT2D eigenvalue weighted by Crippen LogP contribution is -2.39. The maximum Gasteiger partial charge on any atom is 0.303 e. The molecule has 0 amide bonds. The summed E-state index contributed by atoms with van der Waals surface area (Å²) in [6, 6.07) is 0. The molecular formula is C8H14O5. The van der Waals surface area contributed by atoms with Gasteiger partial charge in [-0.05, 0) is 6.92 Å². The SMILES string of the molecule is COC(OC)[C@H](OC(C)=O)C(C)=O. The molecule has 5 heteroatoms. The summed E-state index contributed by atoms with van der Waals surface area (Å²) >= 11 is 0. The molecule has 0 saturated carbocycles. The minimum absolute atomic E-state index is 0.316. The van der Waals surface area contributed by atoms with Gasteiger partial charge in [-0.15, -0.1) is 0 Å². The van der Waals surface area contributed by atoms with Crippen molar-refractivity contribution in [2.75, 3.05) is 14.2 Å². The Bertz CT molecular complexity index is 185. The largest absolute Gasteiger partial charge is 0.449 e. The van der Waals surface area contributed by atoms with Crippen molar-refractivity contribution in [2.24, 2.45) is 0 Å². The molecule has 0 aromatic rings. The summed E-state index contributed by atoms with van der Waals surface area (Å²) in [5.74, 6) is -0.858. The van der Waals surface area contributed by atoms with Crippen LogP contribution in [0.2, 0.25) is 0 Å². The van der Waals surface area contributed by atoms with E-state index in [0.717, 1.165) is 0 Å². The Morgan fingerprint density at radius 3 is 1.77 bits per heavy atom. The van der Waals surface area contributed by atoms with Crippen molar-refractivity contribution in [1.82, 2.24) is 0 Å². The third kappa shape index (κ3) is 4.00. The van der Waals surface area contributed by atoms with Crippen LogP contribution >= 0.6 is 0 Å². The first-order valence-electron chi connectivity index (χ1n) is 3.76. The van der Waals surface area contributed by atoms with E-state index >= 15 is 0 Å². The average Bonchev–Trinajstić information content (AvgIpc) is 2.04. The smallest absolute Gasteiger partial charge is 0.303 e. The first-order valence-corrected chi connectivity index (χ1v) is 3.76. The summed E-state index contributed by atoms with van der Waals surface area (Å²) in [5, 5.41) is 0. The molecule has 13 heavy (non-hydrogen) atoms. The fourth-order valence-corrected chi connectivity index (χ4v) is 0.852. The fourth-order valence-electron chi connectivity index (χ4n) is 0.852. The molecule has 0 radical (unpaired) electrons. The van der Waals surface area contributed by atoms with Crippen molar-refractivity contribution in [3.8, 4) is 0 Å². The van der Waals surface area contributed by atoms with E-state index in [9.17, 15) is 9.59 Å². The lowest BCUT2D eigenvalue weighted by Gasteiger charge is -2.21. The monoisotopic (exact) mass is 190 g/mol. The van der Waals surface area contributed by atoms with Crippen molar-refractivity contribution in [3.63, 3.8) is 0 Å². The number of esters is 1. The van der Waals surface area contributed by atoms with Crippen molar-refractivity contribution >= 4 is 11.8 Å². The molecule has 0 aliphatic carbocycles. The van der Waals surface area contributed by atoms with E-state index in [1.165, 1.54) is 28.1 Å². The summed E-state index contributed by atoms with van der Waals surface area (Å²) in [5.41, 5.74) is 0. The number of carbonyl (C=O) groups excluding carboxylic acids is 2. The Balaban J connectivity index is 4.38. The van der Waals surface area contributed by atoms with Crippen LogP contribution in [0.3, 0.4) is 0 Å². The molecule has 76 valence electrons. The number of methoxy groups -OCH3 is 2. The molecule has 0 N–H and O–H groups in total. The zero-order valence-electron chi connectivity index (χ0n) is 8.20. The van der Waals surface area contributed by atoms with Crippen LogP contribution in [0.1, 0.15) is 13.8 Å². The van der Waals surface area contributed by atoms with Gasteiger partial charge in [0.05, 0.1) is 0 Å². The highest BCUT2D eigenvalue weighted by molar-refractivity contribution is 5.83. The number of carbonyl (C=O) groups is 2. The van der Waals surface area contributed by atoms with E-state index in [-0.39, 0.29) is 5.78 Å². The Hall–Kier alpha value is -0.940. The maximum atomic E-state index is 11.0. The molecule has 5 nitrogen and oxygen atoms in total. The minimum Gasteiger partial charge on any atom is -0.449 e. The summed E-state index contributed by atoms with van der Waals surface area (Å²) < 4.78 is 14.3. The summed E-state index contributed by atoms with van der Waals surface area (Å²) in [7, 11) is 2.74. The lowest BCUT2D eigenvalue weighted by molar-refractivity contribution is -0.192. The third-order valence-corrected chi connectivity index (χ3v) is 1.41. The van der Waals surface area contributed by atoms with E-state index in [0.29, 0.717) is 0 Å². The third-order valence-electron chi connectivity index (χ3n) is 1.41. The molecule has 0 aliphatic heterocycles. The molecule has 0 fully saturated rings. The van der Waals surface area contributed by atoms with Gasteiger partial charge in [-0.25, -0.2) is 0 Å².